The zero-order valence-corrected chi connectivity index (χ0v) is 21.0. The standard InChI is InChI=1S/C24H33ClN4O3S/c1-3-18-15-26-24(27-16-18)29-12-6-20(7-13-29)32-23-5-4-19(14-22(23)25)17-28-10-8-21(9-11-28)33(2,30)31/h4-5,14-16,20-21H,3,6-13,17H2,1-2H3. The molecule has 0 radical (unpaired) electrons. The second-order valence-electron chi connectivity index (χ2n) is 9.12. The molecule has 2 saturated heterocycles. The van der Waals surface area contributed by atoms with E-state index in [4.69, 9.17) is 16.3 Å². The fourth-order valence-corrected chi connectivity index (χ4v) is 5.85. The van der Waals surface area contributed by atoms with E-state index in [-0.39, 0.29) is 11.4 Å². The highest BCUT2D eigenvalue weighted by Gasteiger charge is 2.27. The number of sulfone groups is 1. The van der Waals surface area contributed by atoms with Crippen molar-refractivity contribution in [2.24, 2.45) is 0 Å². The molecular formula is C24H33ClN4O3S. The molecule has 2 aromatic rings. The van der Waals surface area contributed by atoms with E-state index >= 15 is 0 Å². The van der Waals surface area contributed by atoms with Crippen LogP contribution in [0.2, 0.25) is 5.02 Å². The minimum atomic E-state index is -2.95. The first-order valence-corrected chi connectivity index (χ1v) is 14.1. The summed E-state index contributed by atoms with van der Waals surface area (Å²) in [6, 6.07) is 5.99. The molecule has 2 aliphatic rings. The van der Waals surface area contributed by atoms with Crippen LogP contribution in [-0.2, 0) is 22.8 Å². The van der Waals surface area contributed by atoms with Gasteiger partial charge in [0.05, 0.1) is 10.3 Å². The van der Waals surface area contributed by atoms with Gasteiger partial charge in [-0.1, -0.05) is 24.6 Å². The molecule has 0 spiro atoms. The van der Waals surface area contributed by atoms with Gasteiger partial charge in [-0.2, -0.15) is 0 Å². The van der Waals surface area contributed by atoms with Gasteiger partial charge in [0.1, 0.15) is 21.7 Å². The molecule has 4 rings (SSSR count). The first-order valence-electron chi connectivity index (χ1n) is 11.7. The number of halogens is 1. The van der Waals surface area contributed by atoms with Crippen LogP contribution in [-0.4, -0.2) is 67.1 Å². The number of rotatable bonds is 7. The van der Waals surface area contributed by atoms with Crippen molar-refractivity contribution >= 4 is 27.4 Å². The van der Waals surface area contributed by atoms with Gasteiger partial charge < -0.3 is 9.64 Å². The fraction of sp³-hybridized carbons (Fsp3) is 0.583. The van der Waals surface area contributed by atoms with Crippen LogP contribution in [0.25, 0.3) is 0 Å². The third-order valence-corrected chi connectivity index (χ3v) is 8.64. The van der Waals surface area contributed by atoms with Crippen molar-refractivity contribution in [2.45, 2.75) is 56.9 Å². The van der Waals surface area contributed by atoms with Crippen molar-refractivity contribution in [3.8, 4) is 5.75 Å². The Balaban J connectivity index is 1.27. The van der Waals surface area contributed by atoms with E-state index in [9.17, 15) is 8.42 Å². The fourth-order valence-electron chi connectivity index (χ4n) is 4.54. The lowest BCUT2D eigenvalue weighted by atomic mass is 10.1. The Labute approximate surface area is 202 Å². The number of likely N-dealkylation sites (tertiary alicyclic amines) is 1. The normalized spacial score (nSPS) is 19.1. The summed E-state index contributed by atoms with van der Waals surface area (Å²) in [7, 11) is -2.95. The quantitative estimate of drug-likeness (QED) is 0.582. The van der Waals surface area contributed by atoms with Crippen LogP contribution in [0.5, 0.6) is 5.75 Å². The molecule has 33 heavy (non-hydrogen) atoms. The highest BCUT2D eigenvalue weighted by atomic mass is 35.5. The molecule has 2 fully saturated rings. The molecule has 3 heterocycles. The molecule has 0 amide bonds. The number of aryl methyl sites for hydroxylation is 1. The number of benzene rings is 1. The lowest BCUT2D eigenvalue weighted by molar-refractivity contribution is 0.170. The number of hydrogen-bond donors (Lipinski definition) is 0. The molecule has 0 unspecified atom stereocenters. The van der Waals surface area contributed by atoms with Gasteiger partial charge in [-0.25, -0.2) is 18.4 Å². The largest absolute Gasteiger partial charge is 0.489 e. The van der Waals surface area contributed by atoms with Gasteiger partial charge in [-0.05, 0) is 55.6 Å². The molecule has 9 heteroatoms. The average Bonchev–Trinajstić information content (AvgIpc) is 2.81. The van der Waals surface area contributed by atoms with Crippen molar-refractivity contribution in [2.75, 3.05) is 37.3 Å². The molecule has 7 nitrogen and oxygen atoms in total. The third-order valence-electron chi connectivity index (χ3n) is 6.66. The van der Waals surface area contributed by atoms with E-state index in [2.05, 4.69) is 32.8 Å². The first-order chi connectivity index (χ1) is 15.8. The van der Waals surface area contributed by atoms with Crippen molar-refractivity contribution < 1.29 is 13.2 Å². The lowest BCUT2D eigenvalue weighted by Crippen LogP contribution is -2.39. The minimum absolute atomic E-state index is 0.120. The van der Waals surface area contributed by atoms with Crippen molar-refractivity contribution in [1.82, 2.24) is 14.9 Å². The van der Waals surface area contributed by atoms with E-state index in [1.165, 1.54) is 6.26 Å². The van der Waals surface area contributed by atoms with E-state index in [0.717, 1.165) is 74.8 Å². The average molecular weight is 493 g/mol. The number of nitrogens with zero attached hydrogens (tertiary/aromatic N) is 4. The van der Waals surface area contributed by atoms with Crippen LogP contribution in [0.1, 0.15) is 43.7 Å². The maximum Gasteiger partial charge on any atom is 0.225 e. The molecule has 1 aromatic carbocycles. The van der Waals surface area contributed by atoms with Gasteiger partial charge in [-0.15, -0.1) is 0 Å². The summed E-state index contributed by atoms with van der Waals surface area (Å²) < 4.78 is 29.7. The zero-order valence-electron chi connectivity index (χ0n) is 19.4. The Bertz CT molecular complexity index is 1030. The lowest BCUT2D eigenvalue weighted by Gasteiger charge is -2.32. The predicted octanol–water partition coefficient (Wildman–Crippen LogP) is 3.75. The number of ether oxygens (including phenoxy) is 1. The monoisotopic (exact) mass is 492 g/mol. The Morgan fingerprint density at radius 1 is 1.03 bits per heavy atom. The summed E-state index contributed by atoms with van der Waals surface area (Å²) in [6.07, 6.45) is 9.39. The van der Waals surface area contributed by atoms with Crippen LogP contribution in [0.4, 0.5) is 5.95 Å². The van der Waals surface area contributed by atoms with E-state index in [1.807, 2.05) is 24.5 Å². The maximum absolute atomic E-state index is 11.8. The molecule has 0 saturated carbocycles. The Morgan fingerprint density at radius 3 is 2.27 bits per heavy atom. The minimum Gasteiger partial charge on any atom is -0.489 e. The van der Waals surface area contributed by atoms with Crippen molar-refractivity contribution in [3.63, 3.8) is 0 Å². The molecular weight excluding hydrogens is 460 g/mol. The topological polar surface area (TPSA) is 75.6 Å². The van der Waals surface area contributed by atoms with Gasteiger partial charge in [0, 0.05) is 51.1 Å². The summed E-state index contributed by atoms with van der Waals surface area (Å²) >= 11 is 6.55. The van der Waals surface area contributed by atoms with Crippen LogP contribution < -0.4 is 9.64 Å². The van der Waals surface area contributed by atoms with E-state index in [0.29, 0.717) is 17.9 Å². The molecule has 0 aliphatic carbocycles. The van der Waals surface area contributed by atoms with Gasteiger partial charge in [0.2, 0.25) is 5.95 Å². The van der Waals surface area contributed by atoms with Crippen molar-refractivity contribution in [1.29, 1.82) is 0 Å². The van der Waals surface area contributed by atoms with Gasteiger partial charge in [0.15, 0.2) is 0 Å². The highest BCUT2D eigenvalue weighted by Crippen LogP contribution is 2.30. The Morgan fingerprint density at radius 2 is 1.70 bits per heavy atom. The number of hydrogen-bond acceptors (Lipinski definition) is 7. The van der Waals surface area contributed by atoms with Crippen molar-refractivity contribution in [3.05, 3.63) is 46.7 Å². The summed E-state index contributed by atoms with van der Waals surface area (Å²) in [5.41, 5.74) is 2.26. The first kappa shape index (κ1) is 24.2. The van der Waals surface area contributed by atoms with Gasteiger partial charge >= 0.3 is 0 Å². The maximum atomic E-state index is 11.8. The number of anilines is 1. The molecule has 0 N–H and O–H groups in total. The molecule has 0 atom stereocenters. The number of piperidine rings is 2. The second-order valence-corrected chi connectivity index (χ2v) is 11.9. The van der Waals surface area contributed by atoms with Crippen LogP contribution in [0.3, 0.4) is 0 Å². The van der Waals surface area contributed by atoms with E-state index < -0.39 is 9.84 Å². The predicted molar refractivity (Wildman–Crippen MR) is 132 cm³/mol. The summed E-state index contributed by atoms with van der Waals surface area (Å²) in [5.74, 6) is 1.51. The Kier molecular flexibility index (Phi) is 7.76. The SMILES string of the molecule is CCc1cnc(N2CCC(Oc3ccc(CN4CCC(S(C)(=O)=O)CC4)cc3Cl)CC2)nc1. The zero-order chi connectivity index (χ0) is 23.4. The smallest absolute Gasteiger partial charge is 0.225 e. The molecule has 180 valence electrons. The van der Waals surface area contributed by atoms with Gasteiger partial charge in [0.25, 0.3) is 0 Å². The van der Waals surface area contributed by atoms with E-state index in [1.54, 1.807) is 0 Å². The highest BCUT2D eigenvalue weighted by molar-refractivity contribution is 7.91. The summed E-state index contributed by atoms with van der Waals surface area (Å²) in [6.45, 7) is 6.16. The summed E-state index contributed by atoms with van der Waals surface area (Å²) in [4.78, 5) is 13.5. The van der Waals surface area contributed by atoms with Crippen LogP contribution in [0.15, 0.2) is 30.6 Å². The molecule has 0 bridgehead atoms. The summed E-state index contributed by atoms with van der Waals surface area (Å²) in [5, 5.41) is 0.418. The van der Waals surface area contributed by atoms with Crippen LogP contribution in [0, 0.1) is 0 Å². The molecule has 1 aromatic heterocycles. The Hall–Kier alpha value is -1.90. The van der Waals surface area contributed by atoms with Gasteiger partial charge in [-0.3, -0.25) is 4.90 Å². The number of aromatic nitrogens is 2. The van der Waals surface area contributed by atoms with Crippen LogP contribution >= 0.6 is 11.6 Å². The third kappa shape index (κ3) is 6.37. The molecule has 2 aliphatic heterocycles. The second kappa shape index (κ2) is 10.6.